The maximum Gasteiger partial charge on any atom is 0.244 e. The van der Waals surface area contributed by atoms with Crippen molar-refractivity contribution < 1.29 is 9.59 Å². The predicted octanol–water partition coefficient (Wildman–Crippen LogP) is 2.67. The van der Waals surface area contributed by atoms with E-state index in [1.54, 1.807) is 11.9 Å². The highest BCUT2D eigenvalue weighted by molar-refractivity contribution is 6.04. The Morgan fingerprint density at radius 2 is 1.68 bits per heavy atom. The Morgan fingerprint density at radius 1 is 1.04 bits per heavy atom. The van der Waals surface area contributed by atoms with E-state index in [1.807, 2.05) is 60.7 Å². The minimum Gasteiger partial charge on any atom is -0.340 e. The van der Waals surface area contributed by atoms with Gasteiger partial charge in [-0.25, -0.2) is 5.01 Å². The van der Waals surface area contributed by atoms with Crippen LogP contribution in [0, 0.1) is 0 Å². The molecule has 0 spiro atoms. The number of hydrazone groups is 1. The molecule has 2 aromatic carbocycles. The molecule has 5 nitrogen and oxygen atoms in total. The van der Waals surface area contributed by atoms with Crippen LogP contribution in [0.1, 0.15) is 24.0 Å². The van der Waals surface area contributed by atoms with Crippen molar-refractivity contribution in [1.29, 1.82) is 0 Å². The largest absolute Gasteiger partial charge is 0.340 e. The quantitative estimate of drug-likeness (QED) is 0.843. The number of benzene rings is 2. The lowest BCUT2D eigenvalue weighted by molar-refractivity contribution is -0.140. The zero-order valence-corrected chi connectivity index (χ0v) is 14.3. The van der Waals surface area contributed by atoms with Gasteiger partial charge in [-0.2, -0.15) is 5.10 Å². The van der Waals surface area contributed by atoms with Crippen LogP contribution in [0.5, 0.6) is 0 Å². The van der Waals surface area contributed by atoms with Crippen molar-refractivity contribution in [1.82, 2.24) is 9.91 Å². The number of carbonyl (C=O) groups is 2. The lowest BCUT2D eigenvalue weighted by atomic mass is 10.0. The van der Waals surface area contributed by atoms with Crippen molar-refractivity contribution in [2.75, 3.05) is 13.6 Å². The van der Waals surface area contributed by atoms with Gasteiger partial charge >= 0.3 is 0 Å². The van der Waals surface area contributed by atoms with Crippen LogP contribution >= 0.6 is 0 Å². The predicted molar refractivity (Wildman–Crippen MR) is 96.8 cm³/mol. The maximum absolute atomic E-state index is 12.5. The summed E-state index contributed by atoms with van der Waals surface area (Å²) in [6, 6.07) is 19.5. The van der Waals surface area contributed by atoms with Crippen molar-refractivity contribution in [3.63, 3.8) is 0 Å². The second kappa shape index (κ2) is 7.75. The van der Waals surface area contributed by atoms with E-state index in [4.69, 9.17) is 0 Å². The van der Waals surface area contributed by atoms with Crippen molar-refractivity contribution in [3.8, 4) is 0 Å². The molecule has 0 aromatic heterocycles. The van der Waals surface area contributed by atoms with Crippen LogP contribution in [-0.4, -0.2) is 41.0 Å². The number of likely N-dealkylation sites (N-methyl/N-ethyl adjacent to an activating group) is 1. The normalized spacial score (nSPS) is 14.2. The first kappa shape index (κ1) is 16.9. The molecule has 2 aromatic rings. The van der Waals surface area contributed by atoms with Crippen LogP contribution < -0.4 is 0 Å². The number of amides is 2. The summed E-state index contributed by atoms with van der Waals surface area (Å²) in [7, 11) is 1.74. The first-order valence-electron chi connectivity index (χ1n) is 8.34. The van der Waals surface area contributed by atoms with Gasteiger partial charge in [0.2, 0.25) is 11.8 Å². The average Bonchev–Trinajstić information content (AvgIpc) is 2.65. The topological polar surface area (TPSA) is 53.0 Å². The first-order chi connectivity index (χ1) is 12.1. The Bertz CT molecular complexity index is 772. The van der Waals surface area contributed by atoms with Crippen LogP contribution in [-0.2, 0) is 16.1 Å². The lowest BCUT2D eigenvalue weighted by Gasteiger charge is -2.25. The van der Waals surface area contributed by atoms with Gasteiger partial charge in [0.05, 0.1) is 5.71 Å². The summed E-state index contributed by atoms with van der Waals surface area (Å²) in [4.78, 5) is 26.2. The van der Waals surface area contributed by atoms with Crippen LogP contribution in [0.2, 0.25) is 0 Å². The Labute approximate surface area is 147 Å². The zero-order chi connectivity index (χ0) is 17.6. The standard InChI is InChI=1S/C20H21N3O2/c1-22(14-16-8-4-2-5-9-16)20(25)15-23-19(24)13-12-18(21-23)17-10-6-3-7-11-17/h2-11H,12-15H2,1H3. The summed E-state index contributed by atoms with van der Waals surface area (Å²) in [6.07, 6.45) is 0.983. The molecule has 0 unspecified atom stereocenters. The molecule has 1 heterocycles. The van der Waals surface area contributed by atoms with Crippen molar-refractivity contribution in [2.24, 2.45) is 5.10 Å². The number of nitrogens with zero attached hydrogens (tertiary/aromatic N) is 3. The highest BCUT2D eigenvalue weighted by Crippen LogP contribution is 2.15. The van der Waals surface area contributed by atoms with E-state index >= 15 is 0 Å². The van der Waals surface area contributed by atoms with Crippen LogP contribution in [0.4, 0.5) is 0 Å². The van der Waals surface area contributed by atoms with E-state index in [0.717, 1.165) is 16.8 Å². The van der Waals surface area contributed by atoms with E-state index in [-0.39, 0.29) is 18.4 Å². The number of hydrogen-bond acceptors (Lipinski definition) is 3. The van der Waals surface area contributed by atoms with Crippen LogP contribution in [0.25, 0.3) is 0 Å². The molecule has 0 fully saturated rings. The van der Waals surface area contributed by atoms with Gasteiger partial charge in [-0.15, -0.1) is 0 Å². The average molecular weight is 335 g/mol. The van der Waals surface area contributed by atoms with Crippen LogP contribution in [0.3, 0.4) is 0 Å². The molecule has 0 radical (unpaired) electrons. The van der Waals surface area contributed by atoms with Gasteiger partial charge in [0.1, 0.15) is 6.54 Å². The molecule has 0 N–H and O–H groups in total. The Kier molecular flexibility index (Phi) is 5.23. The van der Waals surface area contributed by atoms with Gasteiger partial charge in [-0.05, 0) is 11.1 Å². The molecule has 0 saturated heterocycles. The third-order valence-electron chi connectivity index (χ3n) is 4.19. The Morgan fingerprint density at radius 3 is 2.36 bits per heavy atom. The minimum atomic E-state index is -0.129. The maximum atomic E-state index is 12.5. The molecule has 1 aliphatic rings. The van der Waals surface area contributed by atoms with E-state index in [9.17, 15) is 9.59 Å². The van der Waals surface area contributed by atoms with Gasteiger partial charge < -0.3 is 4.90 Å². The molecule has 0 bridgehead atoms. The third-order valence-corrected chi connectivity index (χ3v) is 4.19. The molecule has 128 valence electrons. The van der Waals surface area contributed by atoms with E-state index in [0.29, 0.717) is 19.4 Å². The Hall–Kier alpha value is -2.95. The molecular formula is C20H21N3O2. The van der Waals surface area contributed by atoms with E-state index < -0.39 is 0 Å². The monoisotopic (exact) mass is 335 g/mol. The third kappa shape index (κ3) is 4.32. The lowest BCUT2D eigenvalue weighted by Crippen LogP contribution is -2.41. The fourth-order valence-corrected chi connectivity index (χ4v) is 2.76. The molecule has 2 amide bonds. The summed E-state index contributed by atoms with van der Waals surface area (Å²) in [5.41, 5.74) is 2.89. The molecule has 25 heavy (non-hydrogen) atoms. The molecule has 0 saturated carbocycles. The van der Waals surface area contributed by atoms with E-state index in [2.05, 4.69) is 5.10 Å². The van der Waals surface area contributed by atoms with Gasteiger partial charge in [0.15, 0.2) is 0 Å². The number of hydrogen-bond donors (Lipinski definition) is 0. The second-order valence-corrected chi connectivity index (χ2v) is 6.10. The molecule has 5 heteroatoms. The summed E-state index contributed by atoms with van der Waals surface area (Å²) in [5, 5.41) is 5.72. The highest BCUT2D eigenvalue weighted by Gasteiger charge is 2.24. The summed E-state index contributed by atoms with van der Waals surface area (Å²) in [5.74, 6) is -0.239. The SMILES string of the molecule is CN(Cc1ccccc1)C(=O)CN1N=C(c2ccccc2)CCC1=O. The van der Waals surface area contributed by atoms with Gasteiger partial charge in [-0.1, -0.05) is 60.7 Å². The smallest absolute Gasteiger partial charge is 0.244 e. The molecule has 0 aliphatic carbocycles. The Balaban J connectivity index is 1.67. The fourth-order valence-electron chi connectivity index (χ4n) is 2.76. The zero-order valence-electron chi connectivity index (χ0n) is 14.3. The summed E-state index contributed by atoms with van der Waals surface area (Å²) < 4.78 is 0. The number of rotatable bonds is 5. The fraction of sp³-hybridized carbons (Fsp3) is 0.250. The summed E-state index contributed by atoms with van der Waals surface area (Å²) >= 11 is 0. The number of carbonyl (C=O) groups excluding carboxylic acids is 2. The van der Waals surface area contributed by atoms with E-state index in [1.165, 1.54) is 5.01 Å². The highest BCUT2D eigenvalue weighted by atomic mass is 16.2. The second-order valence-electron chi connectivity index (χ2n) is 6.10. The van der Waals surface area contributed by atoms with Gasteiger partial charge in [0, 0.05) is 26.4 Å². The van der Waals surface area contributed by atoms with Crippen molar-refractivity contribution in [3.05, 3.63) is 71.8 Å². The molecule has 3 rings (SSSR count). The molecule has 1 aliphatic heterocycles. The summed E-state index contributed by atoms with van der Waals surface area (Å²) in [6.45, 7) is 0.482. The van der Waals surface area contributed by atoms with Crippen molar-refractivity contribution in [2.45, 2.75) is 19.4 Å². The van der Waals surface area contributed by atoms with Gasteiger partial charge in [-0.3, -0.25) is 9.59 Å². The first-order valence-corrected chi connectivity index (χ1v) is 8.34. The molecule has 0 atom stereocenters. The van der Waals surface area contributed by atoms with Gasteiger partial charge in [0.25, 0.3) is 0 Å². The van der Waals surface area contributed by atoms with Crippen LogP contribution in [0.15, 0.2) is 65.8 Å². The molecular weight excluding hydrogens is 314 g/mol. The minimum absolute atomic E-state index is 0.0293. The van der Waals surface area contributed by atoms with Crippen molar-refractivity contribution >= 4 is 17.5 Å².